The van der Waals surface area contributed by atoms with E-state index in [9.17, 15) is 14.4 Å². The zero-order chi connectivity index (χ0) is 16.9. The van der Waals surface area contributed by atoms with Crippen LogP contribution >= 0.6 is 0 Å². The number of benzene rings is 1. The summed E-state index contributed by atoms with van der Waals surface area (Å²) in [4.78, 5) is 40.2. The molecule has 126 valence electrons. The Hall–Kier alpha value is -2.17. The molecule has 1 aromatic carbocycles. The molecule has 1 heterocycles. The predicted molar refractivity (Wildman–Crippen MR) is 86.9 cm³/mol. The number of hydrogen-bond donors (Lipinski definition) is 0. The second kappa shape index (κ2) is 5.43. The van der Waals surface area contributed by atoms with Crippen molar-refractivity contribution in [2.24, 2.45) is 23.2 Å². The molecule has 0 spiro atoms. The third kappa shape index (κ3) is 1.90. The normalized spacial score (nSPS) is 34.4. The van der Waals surface area contributed by atoms with Crippen molar-refractivity contribution in [1.82, 2.24) is 0 Å². The summed E-state index contributed by atoms with van der Waals surface area (Å²) in [6, 6.07) is 9.02. The minimum absolute atomic E-state index is 0.144. The Bertz CT molecular complexity index is 691. The largest absolute Gasteiger partial charge is 0.466 e. The molecule has 2 amide bonds. The summed E-state index contributed by atoms with van der Waals surface area (Å²) in [6.07, 6.45) is 2.95. The van der Waals surface area contributed by atoms with E-state index in [1.807, 2.05) is 18.2 Å². The second-order valence-electron chi connectivity index (χ2n) is 7.06. The molecular weight excluding hydrogens is 306 g/mol. The number of hydrogen-bond acceptors (Lipinski definition) is 4. The third-order valence-corrected chi connectivity index (χ3v) is 6.07. The Morgan fingerprint density at radius 3 is 2.46 bits per heavy atom. The smallest absolute Gasteiger partial charge is 0.312 e. The highest BCUT2D eigenvalue weighted by Gasteiger charge is 2.67. The summed E-state index contributed by atoms with van der Waals surface area (Å²) >= 11 is 0. The maximum Gasteiger partial charge on any atom is 0.312 e. The van der Waals surface area contributed by atoms with Gasteiger partial charge in [-0.3, -0.25) is 19.3 Å². The highest BCUT2D eigenvalue weighted by Crippen LogP contribution is 2.60. The van der Waals surface area contributed by atoms with Gasteiger partial charge in [-0.25, -0.2) is 0 Å². The minimum atomic E-state index is -0.814. The van der Waals surface area contributed by atoms with Crippen LogP contribution in [0.5, 0.6) is 0 Å². The monoisotopic (exact) mass is 327 g/mol. The van der Waals surface area contributed by atoms with Crippen molar-refractivity contribution in [1.29, 1.82) is 0 Å². The van der Waals surface area contributed by atoms with Crippen LogP contribution in [-0.2, 0) is 19.1 Å². The average molecular weight is 327 g/mol. The number of carbonyl (C=O) groups excluding carboxylic acids is 3. The van der Waals surface area contributed by atoms with Crippen LogP contribution in [0.4, 0.5) is 5.69 Å². The van der Waals surface area contributed by atoms with Crippen molar-refractivity contribution in [3.05, 3.63) is 30.3 Å². The van der Waals surface area contributed by atoms with Crippen LogP contribution < -0.4 is 4.90 Å². The van der Waals surface area contributed by atoms with Gasteiger partial charge in [0.2, 0.25) is 11.8 Å². The zero-order valence-corrected chi connectivity index (χ0v) is 13.7. The number of para-hydroxylation sites is 1. The number of anilines is 1. The van der Waals surface area contributed by atoms with Crippen LogP contribution in [0, 0.1) is 23.2 Å². The van der Waals surface area contributed by atoms with E-state index in [1.54, 1.807) is 19.1 Å². The Morgan fingerprint density at radius 2 is 1.83 bits per heavy atom. The molecule has 5 rings (SSSR count). The number of nitrogens with zero attached hydrogens (tertiary/aromatic N) is 1. The van der Waals surface area contributed by atoms with Gasteiger partial charge in [0, 0.05) is 0 Å². The maximum absolute atomic E-state index is 13.2. The first-order chi connectivity index (χ1) is 11.6. The molecule has 0 aromatic heterocycles. The molecule has 5 nitrogen and oxygen atoms in total. The highest BCUT2D eigenvalue weighted by atomic mass is 16.5. The number of esters is 1. The molecule has 3 saturated carbocycles. The first kappa shape index (κ1) is 15.4. The van der Waals surface area contributed by atoms with Gasteiger partial charge in [0.25, 0.3) is 0 Å². The molecular formula is C19H21NO4. The van der Waals surface area contributed by atoms with Gasteiger partial charge in [0.05, 0.1) is 29.5 Å². The van der Waals surface area contributed by atoms with Gasteiger partial charge in [-0.05, 0) is 50.7 Å². The zero-order valence-electron chi connectivity index (χ0n) is 13.7. The van der Waals surface area contributed by atoms with Crippen LogP contribution in [-0.4, -0.2) is 24.4 Å². The SMILES string of the molecule is CCOC(=O)C12CCC(CC1)[C@@H]1C(=O)N(c3ccccc3)C(=O)[C@@H]12. The van der Waals surface area contributed by atoms with Crippen molar-refractivity contribution in [2.45, 2.75) is 32.6 Å². The van der Waals surface area contributed by atoms with Gasteiger partial charge < -0.3 is 4.74 Å². The highest BCUT2D eigenvalue weighted by molar-refractivity contribution is 6.23. The van der Waals surface area contributed by atoms with Gasteiger partial charge in [0.15, 0.2) is 0 Å². The summed E-state index contributed by atoms with van der Waals surface area (Å²) in [5.41, 5.74) is -0.216. The lowest BCUT2D eigenvalue weighted by molar-refractivity contribution is -0.174. The first-order valence-corrected chi connectivity index (χ1v) is 8.70. The minimum Gasteiger partial charge on any atom is -0.466 e. The fourth-order valence-corrected chi connectivity index (χ4v) is 5.01. The number of fused-ring (bicyclic) bond motifs is 2. The molecule has 4 fully saturated rings. The van der Waals surface area contributed by atoms with E-state index in [4.69, 9.17) is 4.74 Å². The van der Waals surface area contributed by atoms with E-state index in [1.165, 1.54) is 4.90 Å². The van der Waals surface area contributed by atoms with Crippen molar-refractivity contribution in [2.75, 3.05) is 11.5 Å². The number of amides is 2. The molecule has 4 aliphatic rings. The summed E-state index contributed by atoms with van der Waals surface area (Å²) in [5, 5.41) is 0. The van der Waals surface area contributed by atoms with Crippen LogP contribution in [0.2, 0.25) is 0 Å². The molecule has 1 aliphatic heterocycles. The quantitative estimate of drug-likeness (QED) is 0.632. The Kier molecular flexibility index (Phi) is 3.48. The molecule has 1 saturated heterocycles. The number of imide groups is 1. The number of ether oxygens (including phenoxy) is 1. The van der Waals surface area contributed by atoms with E-state index in [2.05, 4.69) is 0 Å². The lowest BCUT2D eigenvalue weighted by atomic mass is 9.51. The molecule has 24 heavy (non-hydrogen) atoms. The fourth-order valence-electron chi connectivity index (χ4n) is 5.01. The van der Waals surface area contributed by atoms with E-state index >= 15 is 0 Å². The summed E-state index contributed by atoms with van der Waals surface area (Å²) in [6.45, 7) is 2.07. The predicted octanol–water partition coefficient (Wildman–Crippen LogP) is 2.55. The first-order valence-electron chi connectivity index (χ1n) is 8.70. The van der Waals surface area contributed by atoms with Crippen LogP contribution in [0.3, 0.4) is 0 Å². The topological polar surface area (TPSA) is 63.7 Å². The second-order valence-corrected chi connectivity index (χ2v) is 7.06. The van der Waals surface area contributed by atoms with Gasteiger partial charge in [-0.1, -0.05) is 18.2 Å². The fraction of sp³-hybridized carbons (Fsp3) is 0.526. The molecule has 5 heteroatoms. The van der Waals surface area contributed by atoms with E-state index in [0.717, 1.165) is 12.8 Å². The van der Waals surface area contributed by atoms with E-state index < -0.39 is 11.3 Å². The maximum atomic E-state index is 13.2. The molecule has 2 bridgehead atoms. The van der Waals surface area contributed by atoms with Crippen LogP contribution in [0.1, 0.15) is 32.6 Å². The molecule has 0 N–H and O–H groups in total. The Morgan fingerprint density at radius 1 is 1.17 bits per heavy atom. The van der Waals surface area contributed by atoms with Crippen molar-refractivity contribution < 1.29 is 19.1 Å². The Balaban J connectivity index is 1.77. The summed E-state index contributed by atoms with van der Waals surface area (Å²) < 4.78 is 5.31. The van der Waals surface area contributed by atoms with Gasteiger partial charge in [-0.2, -0.15) is 0 Å². The molecule has 3 aliphatic carbocycles. The Labute approximate surface area is 141 Å². The summed E-state index contributed by atoms with van der Waals surface area (Å²) in [7, 11) is 0. The van der Waals surface area contributed by atoms with E-state index in [-0.39, 0.29) is 29.6 Å². The van der Waals surface area contributed by atoms with Crippen molar-refractivity contribution >= 4 is 23.5 Å². The molecule has 0 unspecified atom stereocenters. The molecule has 2 atom stereocenters. The average Bonchev–Trinajstić information content (AvgIpc) is 2.90. The number of carbonyl (C=O) groups is 3. The van der Waals surface area contributed by atoms with Crippen molar-refractivity contribution in [3.63, 3.8) is 0 Å². The molecule has 0 radical (unpaired) electrons. The van der Waals surface area contributed by atoms with Gasteiger partial charge in [0.1, 0.15) is 0 Å². The lowest BCUT2D eigenvalue weighted by Gasteiger charge is -2.50. The lowest BCUT2D eigenvalue weighted by Crippen LogP contribution is -2.54. The molecule has 1 aromatic rings. The van der Waals surface area contributed by atoms with E-state index in [0.29, 0.717) is 25.1 Å². The third-order valence-electron chi connectivity index (χ3n) is 6.07. The summed E-state index contributed by atoms with van der Waals surface area (Å²) in [5.74, 6) is -1.39. The van der Waals surface area contributed by atoms with Crippen LogP contribution in [0.25, 0.3) is 0 Å². The van der Waals surface area contributed by atoms with Gasteiger partial charge >= 0.3 is 5.97 Å². The van der Waals surface area contributed by atoms with Gasteiger partial charge in [-0.15, -0.1) is 0 Å². The number of rotatable bonds is 3. The van der Waals surface area contributed by atoms with Crippen molar-refractivity contribution in [3.8, 4) is 0 Å². The standard InChI is InChI=1S/C19H21NO4/c1-2-24-18(23)19-10-8-12(9-11-19)14-15(19)17(22)20(16(14)21)13-6-4-3-5-7-13/h3-7,12,14-15H,2,8-11H2,1H3/t12?,14-,15+,19?/m0/s1. The van der Waals surface area contributed by atoms with Crippen LogP contribution in [0.15, 0.2) is 30.3 Å².